The van der Waals surface area contributed by atoms with Gasteiger partial charge in [0.2, 0.25) is 5.91 Å². The summed E-state index contributed by atoms with van der Waals surface area (Å²) in [6.07, 6.45) is 8.38. The molecule has 0 saturated heterocycles. The molecule has 2 amide bonds. The zero-order valence-corrected chi connectivity index (χ0v) is 22.2. The Bertz CT molecular complexity index is 1180. The number of pyridine rings is 1. The predicted molar refractivity (Wildman–Crippen MR) is 146 cm³/mol. The molecule has 2 aromatic heterocycles. The van der Waals surface area contributed by atoms with E-state index in [0.29, 0.717) is 29.5 Å². The Labute approximate surface area is 222 Å². The highest BCUT2D eigenvalue weighted by atomic mass is 35.5. The number of amides is 2. The maximum atomic E-state index is 13.0. The Morgan fingerprint density at radius 2 is 1.94 bits per heavy atom. The summed E-state index contributed by atoms with van der Waals surface area (Å²) >= 11 is 10.2. The van der Waals surface area contributed by atoms with E-state index in [-0.39, 0.29) is 30.5 Å². The monoisotopic (exact) mass is 528 g/mol. The average Bonchev–Trinajstić information content (AvgIpc) is 3.29. The number of H-pyrrole nitrogens is 1. The van der Waals surface area contributed by atoms with Gasteiger partial charge in [-0.25, -0.2) is 4.98 Å². The normalized spacial score (nSPS) is 17.6. The van der Waals surface area contributed by atoms with Crippen LogP contribution in [0, 0.1) is 6.92 Å². The number of aromatic nitrogens is 2. The smallest absolute Gasteiger partial charge is 0.258 e. The van der Waals surface area contributed by atoms with Crippen molar-refractivity contribution >= 4 is 47.1 Å². The summed E-state index contributed by atoms with van der Waals surface area (Å²) in [6.45, 7) is 2.71. The van der Waals surface area contributed by atoms with Crippen LogP contribution in [0.2, 0.25) is 5.02 Å². The molecule has 0 unspecified atom stereocenters. The minimum absolute atomic E-state index is 0.0347. The maximum Gasteiger partial charge on any atom is 0.258 e. The van der Waals surface area contributed by atoms with Crippen LogP contribution >= 0.6 is 24.2 Å². The van der Waals surface area contributed by atoms with Gasteiger partial charge in [0, 0.05) is 47.9 Å². The van der Waals surface area contributed by atoms with Crippen molar-refractivity contribution in [2.24, 2.45) is 0 Å². The summed E-state index contributed by atoms with van der Waals surface area (Å²) in [5.74, 6) is 1.14. The number of hydrogen-bond donors (Lipinski definition) is 3. The van der Waals surface area contributed by atoms with Crippen molar-refractivity contribution in [2.75, 3.05) is 18.9 Å². The van der Waals surface area contributed by atoms with Gasteiger partial charge in [-0.3, -0.25) is 9.59 Å². The first-order valence-corrected chi connectivity index (χ1v) is 13.4. The number of carbonyl (C=O) groups excluding carboxylic acids is 2. The lowest BCUT2D eigenvalue weighted by atomic mass is 9.89. The molecule has 2 heterocycles. The lowest BCUT2D eigenvalue weighted by Gasteiger charge is -2.37. The molecule has 0 aliphatic heterocycles. The largest absolute Gasteiger partial charge is 0.484 e. The number of benzene rings is 1. The van der Waals surface area contributed by atoms with E-state index in [2.05, 4.69) is 34.8 Å². The van der Waals surface area contributed by atoms with E-state index in [1.54, 1.807) is 24.3 Å². The van der Waals surface area contributed by atoms with Crippen molar-refractivity contribution in [1.29, 1.82) is 0 Å². The van der Waals surface area contributed by atoms with Crippen molar-refractivity contribution in [3.8, 4) is 5.75 Å². The Kier molecular flexibility index (Phi) is 9.15. The van der Waals surface area contributed by atoms with Crippen LogP contribution in [0.4, 0.5) is 0 Å². The highest BCUT2D eigenvalue weighted by Crippen LogP contribution is 2.26. The minimum atomic E-state index is -0.139. The summed E-state index contributed by atoms with van der Waals surface area (Å²) in [5.41, 5.74) is 3.25. The van der Waals surface area contributed by atoms with Crippen LogP contribution in [-0.4, -0.2) is 57.7 Å². The molecule has 9 heteroatoms. The number of carbonyl (C=O) groups is 2. The molecule has 0 radical (unpaired) electrons. The van der Waals surface area contributed by atoms with Crippen molar-refractivity contribution < 1.29 is 14.3 Å². The fraction of sp³-hybridized carbons (Fsp3) is 0.444. The number of nitrogens with zero attached hydrogens (tertiary/aromatic N) is 2. The first-order chi connectivity index (χ1) is 17.4. The van der Waals surface area contributed by atoms with E-state index in [0.717, 1.165) is 43.1 Å². The fourth-order valence-corrected chi connectivity index (χ4v) is 5.29. The van der Waals surface area contributed by atoms with Gasteiger partial charge in [0.1, 0.15) is 11.4 Å². The molecular weight excluding hydrogens is 496 g/mol. The number of aromatic amines is 1. The second kappa shape index (κ2) is 12.5. The van der Waals surface area contributed by atoms with Crippen LogP contribution in [0.5, 0.6) is 5.75 Å². The lowest BCUT2D eigenvalue weighted by Crippen LogP contribution is -2.47. The number of ether oxygens (including phenoxy) is 1. The van der Waals surface area contributed by atoms with Crippen LogP contribution in [0.15, 0.2) is 42.7 Å². The van der Waals surface area contributed by atoms with Crippen molar-refractivity contribution in [1.82, 2.24) is 20.2 Å². The Morgan fingerprint density at radius 3 is 2.67 bits per heavy atom. The van der Waals surface area contributed by atoms with Crippen molar-refractivity contribution in [3.63, 3.8) is 0 Å². The fourth-order valence-electron chi connectivity index (χ4n) is 4.97. The van der Waals surface area contributed by atoms with Gasteiger partial charge in [-0.2, -0.15) is 12.6 Å². The van der Waals surface area contributed by atoms with Crippen LogP contribution in [-0.2, 0) is 16.0 Å². The van der Waals surface area contributed by atoms with Crippen molar-refractivity contribution in [2.45, 2.75) is 57.5 Å². The number of fused-ring (bicyclic) bond motifs is 1. The highest BCUT2D eigenvalue weighted by Gasteiger charge is 2.29. The third-order valence-electron chi connectivity index (χ3n) is 6.82. The zero-order valence-electron chi connectivity index (χ0n) is 20.5. The van der Waals surface area contributed by atoms with Crippen LogP contribution < -0.4 is 10.1 Å². The molecule has 1 aliphatic rings. The second-order valence-electron chi connectivity index (χ2n) is 9.29. The molecule has 2 N–H and O–H groups in total. The van der Waals surface area contributed by atoms with Gasteiger partial charge in [-0.05, 0) is 86.2 Å². The van der Waals surface area contributed by atoms with Gasteiger partial charge in [0.05, 0.1) is 0 Å². The van der Waals surface area contributed by atoms with E-state index < -0.39 is 0 Å². The zero-order chi connectivity index (χ0) is 25.5. The molecule has 192 valence electrons. The van der Waals surface area contributed by atoms with Crippen LogP contribution in [0.3, 0.4) is 0 Å². The minimum Gasteiger partial charge on any atom is -0.484 e. The van der Waals surface area contributed by atoms with Gasteiger partial charge in [0.15, 0.2) is 6.61 Å². The van der Waals surface area contributed by atoms with Crippen molar-refractivity contribution in [3.05, 3.63) is 58.9 Å². The first kappa shape index (κ1) is 26.4. The molecule has 7 nitrogen and oxygen atoms in total. The molecule has 0 spiro atoms. The maximum absolute atomic E-state index is 13.0. The quantitative estimate of drug-likeness (QED) is 0.332. The molecule has 0 bridgehead atoms. The number of halogens is 1. The highest BCUT2D eigenvalue weighted by molar-refractivity contribution is 7.80. The lowest BCUT2D eigenvalue weighted by molar-refractivity contribution is -0.134. The molecule has 1 fully saturated rings. The summed E-state index contributed by atoms with van der Waals surface area (Å²) in [4.78, 5) is 35.1. The molecular formula is C27H33ClN4O3S. The van der Waals surface area contributed by atoms with E-state index in [4.69, 9.17) is 16.3 Å². The SMILES string of the molecule is Cc1ccnc2[nH]cc(CCN(C(=O)CCS)C3CCC(NC(=O)COc4ccc(Cl)cc4)CC3)c12. The molecule has 0 atom stereocenters. The Hall–Kier alpha value is -2.71. The number of rotatable bonds is 10. The third-order valence-corrected chi connectivity index (χ3v) is 7.29. The molecule has 1 saturated carbocycles. The topological polar surface area (TPSA) is 87.3 Å². The first-order valence-electron chi connectivity index (χ1n) is 12.4. The van der Waals surface area contributed by atoms with Crippen LogP contribution in [0.25, 0.3) is 11.0 Å². The van der Waals surface area contributed by atoms with E-state index in [1.165, 1.54) is 11.1 Å². The van der Waals surface area contributed by atoms with Gasteiger partial charge in [-0.1, -0.05) is 11.6 Å². The van der Waals surface area contributed by atoms with Crippen LogP contribution in [0.1, 0.15) is 43.2 Å². The van der Waals surface area contributed by atoms with E-state index in [1.807, 2.05) is 23.4 Å². The number of aryl methyl sites for hydroxylation is 1. The van der Waals surface area contributed by atoms with Gasteiger partial charge in [0.25, 0.3) is 5.91 Å². The standard InChI is InChI=1S/C27H33ClN4O3S/c1-18-10-13-29-27-26(18)19(16-30-27)11-14-32(25(34)12-15-36)22-6-4-21(5-7-22)31-24(33)17-35-23-8-2-20(28)3-9-23/h2-3,8-10,13,16,21-22,36H,4-7,11-12,14-15,17H2,1H3,(H,29,30)(H,31,33). The predicted octanol–water partition coefficient (Wildman–Crippen LogP) is 4.72. The summed E-state index contributed by atoms with van der Waals surface area (Å²) in [5, 5.41) is 4.85. The second-order valence-corrected chi connectivity index (χ2v) is 10.2. The molecule has 36 heavy (non-hydrogen) atoms. The summed E-state index contributed by atoms with van der Waals surface area (Å²) in [7, 11) is 0. The summed E-state index contributed by atoms with van der Waals surface area (Å²) < 4.78 is 5.55. The van der Waals surface area contributed by atoms with E-state index >= 15 is 0 Å². The Morgan fingerprint density at radius 1 is 1.19 bits per heavy atom. The number of nitrogens with one attached hydrogen (secondary N) is 2. The molecule has 1 aliphatic carbocycles. The Balaban J connectivity index is 1.30. The van der Waals surface area contributed by atoms with E-state index in [9.17, 15) is 9.59 Å². The average molecular weight is 529 g/mol. The van der Waals surface area contributed by atoms with Gasteiger partial charge < -0.3 is 19.9 Å². The third kappa shape index (κ3) is 6.73. The number of thiol groups is 1. The summed E-state index contributed by atoms with van der Waals surface area (Å²) in [6, 6.07) is 9.21. The molecule has 3 aromatic rings. The van der Waals surface area contributed by atoms with Gasteiger partial charge in [-0.15, -0.1) is 0 Å². The number of hydrogen-bond acceptors (Lipinski definition) is 5. The molecule has 1 aromatic carbocycles. The van der Waals surface area contributed by atoms with Gasteiger partial charge >= 0.3 is 0 Å². The molecule has 4 rings (SSSR count).